The van der Waals surface area contributed by atoms with E-state index in [0.29, 0.717) is 16.6 Å². The van der Waals surface area contributed by atoms with Gasteiger partial charge in [0.15, 0.2) is 5.78 Å². The zero-order valence-electron chi connectivity index (χ0n) is 11.3. The van der Waals surface area contributed by atoms with Gasteiger partial charge in [-0.05, 0) is 33.8 Å². The maximum Gasteiger partial charge on any atom is 0.270 e. The Kier molecular flexibility index (Phi) is 3.94. The third-order valence-corrected chi connectivity index (χ3v) is 3.77. The van der Waals surface area contributed by atoms with Gasteiger partial charge in [-0.2, -0.15) is 0 Å². The van der Waals surface area contributed by atoms with Gasteiger partial charge in [0.1, 0.15) is 0 Å². The first-order chi connectivity index (χ1) is 9.27. The Balaban J connectivity index is 2.22. The van der Waals surface area contributed by atoms with Crippen LogP contribution in [0.15, 0.2) is 34.4 Å². The van der Waals surface area contributed by atoms with Crippen molar-refractivity contribution >= 4 is 33.1 Å². The average molecular weight is 339 g/mol. The van der Waals surface area contributed by atoms with E-state index in [1.807, 2.05) is 13.8 Å². The standard InChI is InChI=1S/C14H15BrN2O3/c1-14(2)7-9(5-11(18)8-14)16-13-4-3-10(17(19)20)6-12(13)15/h3-6,16H,7-8H2,1-2H3. The molecule has 0 bridgehead atoms. The summed E-state index contributed by atoms with van der Waals surface area (Å²) >= 11 is 3.31. The van der Waals surface area contributed by atoms with Crippen LogP contribution in [0.3, 0.4) is 0 Å². The number of non-ortho nitro benzene ring substituents is 1. The van der Waals surface area contributed by atoms with Crippen LogP contribution in [0.25, 0.3) is 0 Å². The fourth-order valence-corrected chi connectivity index (χ4v) is 2.78. The highest BCUT2D eigenvalue weighted by Gasteiger charge is 2.27. The molecule has 0 radical (unpaired) electrons. The molecule has 0 saturated carbocycles. The van der Waals surface area contributed by atoms with E-state index in [4.69, 9.17) is 0 Å². The van der Waals surface area contributed by atoms with E-state index >= 15 is 0 Å². The maximum absolute atomic E-state index is 11.7. The molecule has 0 aliphatic heterocycles. The highest BCUT2D eigenvalue weighted by Crippen LogP contribution is 2.35. The van der Waals surface area contributed by atoms with Crippen molar-refractivity contribution in [3.8, 4) is 0 Å². The SMILES string of the molecule is CC1(C)CC(=O)C=C(Nc2ccc([N+](=O)[O-])cc2Br)C1. The van der Waals surface area contributed by atoms with Crippen molar-refractivity contribution in [3.05, 3.63) is 44.6 Å². The zero-order valence-corrected chi connectivity index (χ0v) is 12.9. The van der Waals surface area contributed by atoms with Crippen molar-refractivity contribution in [3.63, 3.8) is 0 Å². The zero-order chi connectivity index (χ0) is 14.9. The van der Waals surface area contributed by atoms with Crippen LogP contribution < -0.4 is 5.32 Å². The van der Waals surface area contributed by atoms with Crippen LogP contribution >= 0.6 is 15.9 Å². The Morgan fingerprint density at radius 3 is 2.60 bits per heavy atom. The lowest BCUT2D eigenvalue weighted by atomic mass is 9.79. The molecule has 0 atom stereocenters. The fraction of sp³-hybridized carbons (Fsp3) is 0.357. The average Bonchev–Trinajstić information content (AvgIpc) is 2.28. The second-order valence-electron chi connectivity index (χ2n) is 5.70. The van der Waals surface area contributed by atoms with Gasteiger partial charge in [0.25, 0.3) is 5.69 Å². The van der Waals surface area contributed by atoms with Crippen molar-refractivity contribution in [1.82, 2.24) is 0 Å². The molecule has 1 aliphatic carbocycles. The Hall–Kier alpha value is -1.69. The summed E-state index contributed by atoms with van der Waals surface area (Å²) < 4.78 is 0.600. The summed E-state index contributed by atoms with van der Waals surface area (Å²) in [5.74, 6) is 0.0989. The number of nitrogens with one attached hydrogen (secondary N) is 1. The van der Waals surface area contributed by atoms with Gasteiger partial charge < -0.3 is 5.32 Å². The molecule has 5 nitrogen and oxygen atoms in total. The number of nitro groups is 1. The highest BCUT2D eigenvalue weighted by molar-refractivity contribution is 9.10. The number of rotatable bonds is 3. The number of nitrogens with zero attached hydrogens (tertiary/aromatic N) is 1. The van der Waals surface area contributed by atoms with Gasteiger partial charge in [0.2, 0.25) is 0 Å². The summed E-state index contributed by atoms with van der Waals surface area (Å²) in [5, 5.41) is 13.9. The van der Waals surface area contributed by atoms with Crippen molar-refractivity contribution < 1.29 is 9.72 Å². The molecule has 0 saturated heterocycles. The number of hydrogen-bond donors (Lipinski definition) is 1. The summed E-state index contributed by atoms with van der Waals surface area (Å²) in [5.41, 5.74) is 1.51. The van der Waals surface area contributed by atoms with Gasteiger partial charge in [0, 0.05) is 34.8 Å². The monoisotopic (exact) mass is 338 g/mol. The largest absolute Gasteiger partial charge is 0.358 e. The summed E-state index contributed by atoms with van der Waals surface area (Å²) in [6.45, 7) is 4.09. The Bertz CT molecular complexity index is 608. The molecule has 1 aromatic carbocycles. The van der Waals surface area contributed by atoms with Gasteiger partial charge in [-0.3, -0.25) is 14.9 Å². The van der Waals surface area contributed by atoms with E-state index in [2.05, 4.69) is 21.2 Å². The molecule has 1 N–H and O–H groups in total. The molecular formula is C14H15BrN2O3. The quantitative estimate of drug-likeness (QED) is 0.666. The molecule has 1 aromatic rings. The van der Waals surface area contributed by atoms with E-state index in [-0.39, 0.29) is 16.9 Å². The van der Waals surface area contributed by atoms with Crippen LogP contribution in [0.2, 0.25) is 0 Å². The van der Waals surface area contributed by atoms with Crippen LogP contribution in [0, 0.1) is 15.5 Å². The number of ketones is 1. The predicted molar refractivity (Wildman–Crippen MR) is 80.5 cm³/mol. The van der Waals surface area contributed by atoms with Gasteiger partial charge in [-0.25, -0.2) is 0 Å². The summed E-state index contributed by atoms with van der Waals surface area (Å²) in [6, 6.07) is 4.51. The van der Waals surface area contributed by atoms with Crippen LogP contribution in [0.1, 0.15) is 26.7 Å². The van der Waals surface area contributed by atoms with Gasteiger partial charge >= 0.3 is 0 Å². The first kappa shape index (κ1) is 14.7. The van der Waals surface area contributed by atoms with E-state index in [0.717, 1.165) is 12.1 Å². The van der Waals surface area contributed by atoms with Crippen LogP contribution in [0.4, 0.5) is 11.4 Å². The first-order valence-corrected chi connectivity index (χ1v) is 7.00. The minimum Gasteiger partial charge on any atom is -0.358 e. The van der Waals surface area contributed by atoms with Gasteiger partial charge in [-0.1, -0.05) is 13.8 Å². The highest BCUT2D eigenvalue weighted by atomic mass is 79.9. The minimum atomic E-state index is -0.443. The molecule has 0 fully saturated rings. The van der Waals surface area contributed by atoms with E-state index in [1.54, 1.807) is 12.1 Å². The predicted octanol–water partition coefficient (Wildman–Crippen LogP) is 4.04. The molecule has 0 amide bonds. The van der Waals surface area contributed by atoms with Crippen molar-refractivity contribution in [1.29, 1.82) is 0 Å². The molecule has 2 rings (SSSR count). The molecule has 0 aromatic heterocycles. The normalized spacial score (nSPS) is 17.6. The Morgan fingerprint density at radius 1 is 1.35 bits per heavy atom. The van der Waals surface area contributed by atoms with Crippen molar-refractivity contribution in [2.24, 2.45) is 5.41 Å². The maximum atomic E-state index is 11.7. The molecule has 106 valence electrons. The summed E-state index contributed by atoms with van der Waals surface area (Å²) in [4.78, 5) is 21.9. The number of carbonyl (C=O) groups is 1. The van der Waals surface area contributed by atoms with Gasteiger partial charge in [0.05, 0.1) is 10.6 Å². The third-order valence-electron chi connectivity index (χ3n) is 3.12. The number of carbonyl (C=O) groups excluding carboxylic acids is 1. The number of allylic oxidation sites excluding steroid dienone is 2. The van der Waals surface area contributed by atoms with Crippen LogP contribution in [-0.4, -0.2) is 10.7 Å². The van der Waals surface area contributed by atoms with Gasteiger partial charge in [-0.15, -0.1) is 0 Å². The topological polar surface area (TPSA) is 72.2 Å². The lowest BCUT2D eigenvalue weighted by molar-refractivity contribution is -0.384. The molecule has 0 heterocycles. The number of anilines is 1. The lowest BCUT2D eigenvalue weighted by Crippen LogP contribution is -2.24. The smallest absolute Gasteiger partial charge is 0.270 e. The van der Waals surface area contributed by atoms with Crippen LogP contribution in [0.5, 0.6) is 0 Å². The number of hydrogen-bond acceptors (Lipinski definition) is 4. The fourth-order valence-electron chi connectivity index (χ4n) is 2.32. The molecular weight excluding hydrogens is 324 g/mol. The second-order valence-corrected chi connectivity index (χ2v) is 6.55. The molecule has 0 spiro atoms. The first-order valence-electron chi connectivity index (χ1n) is 6.21. The van der Waals surface area contributed by atoms with Crippen LogP contribution in [-0.2, 0) is 4.79 Å². The lowest BCUT2D eigenvalue weighted by Gasteiger charge is -2.29. The Morgan fingerprint density at radius 2 is 2.05 bits per heavy atom. The van der Waals surface area contributed by atoms with E-state index in [9.17, 15) is 14.9 Å². The molecule has 1 aliphatic rings. The van der Waals surface area contributed by atoms with E-state index < -0.39 is 4.92 Å². The minimum absolute atomic E-state index is 0.0245. The molecule has 20 heavy (non-hydrogen) atoms. The van der Waals surface area contributed by atoms with Crippen molar-refractivity contribution in [2.75, 3.05) is 5.32 Å². The van der Waals surface area contributed by atoms with E-state index in [1.165, 1.54) is 12.1 Å². The number of benzene rings is 1. The number of nitro benzene ring substituents is 1. The Labute approximate surface area is 125 Å². The number of halogens is 1. The third kappa shape index (κ3) is 3.45. The molecule has 6 heteroatoms. The van der Waals surface area contributed by atoms with Crippen molar-refractivity contribution in [2.45, 2.75) is 26.7 Å². The molecule has 0 unspecified atom stereocenters. The summed E-state index contributed by atoms with van der Waals surface area (Å²) in [6.07, 6.45) is 2.92. The second kappa shape index (κ2) is 5.36. The summed E-state index contributed by atoms with van der Waals surface area (Å²) in [7, 11) is 0.